The van der Waals surface area contributed by atoms with Gasteiger partial charge in [-0.2, -0.15) is 0 Å². The summed E-state index contributed by atoms with van der Waals surface area (Å²) < 4.78 is 17.0. The van der Waals surface area contributed by atoms with Crippen molar-refractivity contribution in [3.63, 3.8) is 0 Å². The van der Waals surface area contributed by atoms with Gasteiger partial charge in [-0.1, -0.05) is 6.92 Å². The number of nitrogens with zero attached hydrogens (tertiary/aromatic N) is 1. The summed E-state index contributed by atoms with van der Waals surface area (Å²) in [5, 5.41) is 0. The maximum atomic E-state index is 11.9. The summed E-state index contributed by atoms with van der Waals surface area (Å²) in [5.74, 6) is 0.681. The number of carbonyl (C=O) groups excluding carboxylic acids is 2. The third kappa shape index (κ3) is 3.13. The third-order valence-electron chi connectivity index (χ3n) is 4.31. The highest BCUT2D eigenvalue weighted by atomic mass is 16.6. The van der Waals surface area contributed by atoms with E-state index in [-0.39, 0.29) is 23.8 Å². The lowest BCUT2D eigenvalue weighted by atomic mass is 9.91. The maximum absolute atomic E-state index is 11.9. The molecule has 3 heterocycles. The van der Waals surface area contributed by atoms with Crippen LogP contribution in [-0.2, 0) is 25.5 Å². The number of ketones is 1. The minimum absolute atomic E-state index is 0.0333. The fourth-order valence-corrected chi connectivity index (χ4v) is 2.81. The molecule has 0 fully saturated rings. The molecule has 24 heavy (non-hydrogen) atoms. The van der Waals surface area contributed by atoms with Crippen LogP contribution in [0, 0.1) is 5.92 Å². The Morgan fingerprint density at radius 3 is 2.83 bits per heavy atom. The minimum Gasteiger partial charge on any atom is -0.490 e. The summed E-state index contributed by atoms with van der Waals surface area (Å²) in [6.07, 6.45) is 3.25. The van der Waals surface area contributed by atoms with Crippen molar-refractivity contribution in [2.75, 3.05) is 6.61 Å². The molecule has 6 heteroatoms. The Kier molecular flexibility index (Phi) is 4.07. The van der Waals surface area contributed by atoms with Gasteiger partial charge in [0.2, 0.25) is 0 Å². The number of aromatic nitrogens is 1. The Balaban J connectivity index is 1.90. The lowest BCUT2D eigenvalue weighted by molar-refractivity contribution is -0.158. The highest BCUT2D eigenvalue weighted by Crippen LogP contribution is 2.36. The number of ether oxygens (including phenoxy) is 3. The van der Waals surface area contributed by atoms with Crippen molar-refractivity contribution in [2.45, 2.75) is 45.8 Å². The molecule has 0 saturated heterocycles. The molecule has 128 valence electrons. The molecule has 0 aliphatic carbocycles. The molecule has 0 unspecified atom stereocenters. The number of pyridine rings is 1. The van der Waals surface area contributed by atoms with E-state index in [0.717, 1.165) is 5.56 Å². The molecule has 0 aromatic carbocycles. The molecule has 6 nitrogen and oxygen atoms in total. The molecule has 0 amide bonds. The van der Waals surface area contributed by atoms with Crippen LogP contribution in [-0.4, -0.2) is 35.0 Å². The number of esters is 1. The normalized spacial score (nSPS) is 25.0. The summed E-state index contributed by atoms with van der Waals surface area (Å²) in [6, 6.07) is 1.83. The van der Waals surface area contributed by atoms with E-state index in [0.29, 0.717) is 30.2 Å². The predicted molar refractivity (Wildman–Crippen MR) is 86.3 cm³/mol. The van der Waals surface area contributed by atoms with Gasteiger partial charge in [-0.15, -0.1) is 0 Å². The zero-order valence-electron chi connectivity index (χ0n) is 14.3. The molecule has 1 aromatic heterocycles. The van der Waals surface area contributed by atoms with Gasteiger partial charge in [-0.05, 0) is 19.9 Å². The van der Waals surface area contributed by atoms with Crippen molar-refractivity contribution in [3.05, 3.63) is 29.6 Å². The smallest absolute Gasteiger partial charge is 0.303 e. The van der Waals surface area contributed by atoms with Crippen LogP contribution in [0.3, 0.4) is 0 Å². The lowest BCUT2D eigenvalue weighted by Crippen LogP contribution is -2.48. The second-order valence-corrected chi connectivity index (χ2v) is 6.81. The SMILES string of the molecule is CC(=O)O[C@@H]1Cc2cc(C3=CC(=O)[C@@H](C)CO3)ncc2OC1(C)C. The molecule has 2 atom stereocenters. The van der Waals surface area contributed by atoms with E-state index >= 15 is 0 Å². The summed E-state index contributed by atoms with van der Waals surface area (Å²) in [5.41, 5.74) is 0.827. The first-order valence-electron chi connectivity index (χ1n) is 8.00. The summed E-state index contributed by atoms with van der Waals surface area (Å²) in [7, 11) is 0. The van der Waals surface area contributed by atoms with Gasteiger partial charge in [0.15, 0.2) is 5.78 Å². The second kappa shape index (κ2) is 5.92. The van der Waals surface area contributed by atoms with Crippen molar-refractivity contribution >= 4 is 17.5 Å². The summed E-state index contributed by atoms with van der Waals surface area (Å²) >= 11 is 0. The maximum Gasteiger partial charge on any atom is 0.303 e. The molecule has 3 rings (SSSR count). The lowest BCUT2D eigenvalue weighted by Gasteiger charge is -2.39. The second-order valence-electron chi connectivity index (χ2n) is 6.81. The number of allylic oxidation sites excluding steroid dienone is 1. The van der Waals surface area contributed by atoms with Crippen LogP contribution in [0.2, 0.25) is 0 Å². The number of fused-ring (bicyclic) bond motifs is 1. The standard InChI is InChI=1S/C18H21NO5/c1-10-9-22-15(7-14(10)21)13-5-12-6-17(23-11(2)20)18(3,4)24-16(12)8-19-13/h5,7-8,10,17H,6,9H2,1-4H3/t10-,17+/m0/s1. The molecule has 2 aliphatic rings. The van der Waals surface area contributed by atoms with Crippen molar-refractivity contribution in [2.24, 2.45) is 5.92 Å². The number of rotatable bonds is 2. The van der Waals surface area contributed by atoms with Gasteiger partial charge >= 0.3 is 5.97 Å². The van der Waals surface area contributed by atoms with E-state index in [2.05, 4.69) is 4.98 Å². The van der Waals surface area contributed by atoms with E-state index in [4.69, 9.17) is 14.2 Å². The van der Waals surface area contributed by atoms with Crippen LogP contribution >= 0.6 is 0 Å². The first-order valence-corrected chi connectivity index (χ1v) is 8.00. The molecule has 1 aromatic rings. The fourth-order valence-electron chi connectivity index (χ4n) is 2.81. The fraction of sp³-hybridized carbons (Fsp3) is 0.500. The Morgan fingerprint density at radius 2 is 2.17 bits per heavy atom. The van der Waals surface area contributed by atoms with Crippen LogP contribution < -0.4 is 4.74 Å². The Hall–Kier alpha value is -2.37. The highest BCUT2D eigenvalue weighted by Gasteiger charge is 2.39. The van der Waals surface area contributed by atoms with Crippen molar-refractivity contribution in [1.82, 2.24) is 4.98 Å². The topological polar surface area (TPSA) is 74.7 Å². The van der Waals surface area contributed by atoms with E-state index in [1.54, 1.807) is 6.20 Å². The molecule has 0 radical (unpaired) electrons. The van der Waals surface area contributed by atoms with Gasteiger partial charge in [0.25, 0.3) is 0 Å². The first-order chi connectivity index (χ1) is 11.3. The van der Waals surface area contributed by atoms with Gasteiger partial charge in [0.05, 0.1) is 18.7 Å². The van der Waals surface area contributed by atoms with Crippen LogP contribution in [0.5, 0.6) is 5.75 Å². The van der Waals surface area contributed by atoms with E-state index in [9.17, 15) is 9.59 Å². The van der Waals surface area contributed by atoms with Crippen LogP contribution in [0.1, 0.15) is 39.0 Å². The minimum atomic E-state index is -0.631. The molecule has 0 saturated carbocycles. The van der Waals surface area contributed by atoms with Crippen molar-refractivity contribution in [3.8, 4) is 5.75 Å². The molecule has 0 bridgehead atoms. The molecular weight excluding hydrogens is 310 g/mol. The Bertz CT molecular complexity index is 722. The zero-order chi connectivity index (χ0) is 17.5. The van der Waals surface area contributed by atoms with Gasteiger partial charge in [-0.3, -0.25) is 9.59 Å². The van der Waals surface area contributed by atoms with Crippen LogP contribution in [0.4, 0.5) is 0 Å². The van der Waals surface area contributed by atoms with E-state index in [1.807, 2.05) is 26.8 Å². The highest BCUT2D eigenvalue weighted by molar-refractivity contribution is 5.98. The molecule has 2 aliphatic heterocycles. The number of hydrogen-bond acceptors (Lipinski definition) is 6. The van der Waals surface area contributed by atoms with Crippen LogP contribution in [0.15, 0.2) is 18.3 Å². The first kappa shape index (κ1) is 16.5. The average molecular weight is 331 g/mol. The predicted octanol–water partition coefficient (Wildman–Crippen LogP) is 2.30. The van der Waals surface area contributed by atoms with Gasteiger partial charge in [0.1, 0.15) is 28.9 Å². The zero-order valence-corrected chi connectivity index (χ0v) is 14.3. The van der Waals surface area contributed by atoms with Gasteiger partial charge < -0.3 is 14.2 Å². The largest absolute Gasteiger partial charge is 0.490 e. The molecular formula is C18H21NO5. The number of carbonyl (C=O) groups is 2. The van der Waals surface area contributed by atoms with Crippen molar-refractivity contribution < 1.29 is 23.8 Å². The Morgan fingerprint density at radius 1 is 1.42 bits per heavy atom. The quantitative estimate of drug-likeness (QED) is 0.774. The molecule has 0 N–H and O–H groups in total. The van der Waals surface area contributed by atoms with Gasteiger partial charge in [0, 0.05) is 25.0 Å². The van der Waals surface area contributed by atoms with E-state index in [1.165, 1.54) is 13.0 Å². The average Bonchev–Trinajstić information content (AvgIpc) is 2.49. The van der Waals surface area contributed by atoms with Crippen molar-refractivity contribution in [1.29, 1.82) is 0 Å². The number of hydrogen-bond donors (Lipinski definition) is 0. The monoisotopic (exact) mass is 331 g/mol. The van der Waals surface area contributed by atoms with E-state index < -0.39 is 5.60 Å². The van der Waals surface area contributed by atoms with Crippen LogP contribution in [0.25, 0.3) is 5.76 Å². The third-order valence-corrected chi connectivity index (χ3v) is 4.31. The summed E-state index contributed by atoms with van der Waals surface area (Å²) in [4.78, 5) is 27.5. The Labute approximate surface area is 140 Å². The molecule has 0 spiro atoms. The van der Waals surface area contributed by atoms with Gasteiger partial charge in [-0.25, -0.2) is 4.98 Å². The summed E-state index contributed by atoms with van der Waals surface area (Å²) in [6.45, 7) is 7.32.